The summed E-state index contributed by atoms with van der Waals surface area (Å²) in [5, 5.41) is 6.85. The average Bonchev–Trinajstić information content (AvgIpc) is 2.79. The van der Waals surface area contributed by atoms with Gasteiger partial charge in [0, 0.05) is 44.5 Å². The second kappa shape index (κ2) is 13.3. The van der Waals surface area contributed by atoms with Crippen LogP contribution in [0.4, 0.5) is 5.82 Å². The molecule has 8 heteroatoms. The van der Waals surface area contributed by atoms with Gasteiger partial charge in [-0.15, -0.1) is 24.0 Å². The number of benzene rings is 1. The number of nitrogens with one attached hydrogen (secondary N) is 2. The first kappa shape index (κ1) is 24.2. The third kappa shape index (κ3) is 7.32. The summed E-state index contributed by atoms with van der Waals surface area (Å²) >= 11 is 0. The number of piperidine rings is 1. The molecule has 1 aromatic heterocycles. The summed E-state index contributed by atoms with van der Waals surface area (Å²) in [7, 11) is 3.48. The van der Waals surface area contributed by atoms with E-state index in [1.807, 2.05) is 42.6 Å². The lowest BCUT2D eigenvalue weighted by Gasteiger charge is -2.33. The summed E-state index contributed by atoms with van der Waals surface area (Å²) in [4.78, 5) is 11.1. The molecule has 0 atom stereocenters. The van der Waals surface area contributed by atoms with Crippen LogP contribution in [-0.2, 0) is 11.3 Å². The third-order valence-corrected chi connectivity index (χ3v) is 5.02. The molecule has 0 unspecified atom stereocenters. The van der Waals surface area contributed by atoms with E-state index in [0.717, 1.165) is 49.0 Å². The number of ether oxygens (including phenoxy) is 2. The van der Waals surface area contributed by atoms with E-state index in [9.17, 15) is 0 Å². The summed E-state index contributed by atoms with van der Waals surface area (Å²) in [5.41, 5.74) is 1.05. The molecule has 2 N–H and O–H groups in total. The molecule has 0 saturated carbocycles. The number of aliphatic imine (C=N–C) groups is 1. The number of pyridine rings is 1. The fraction of sp³-hybridized carbons (Fsp3) is 0.455. The lowest BCUT2D eigenvalue weighted by atomic mass is 10.1. The Kier molecular flexibility index (Phi) is 10.7. The van der Waals surface area contributed by atoms with Gasteiger partial charge in [0.25, 0.3) is 0 Å². The molecule has 1 aliphatic rings. The zero-order valence-corrected chi connectivity index (χ0v) is 20.0. The monoisotopic (exact) mass is 525 g/mol. The Morgan fingerprint density at radius 3 is 2.63 bits per heavy atom. The molecule has 1 aliphatic heterocycles. The van der Waals surface area contributed by atoms with Gasteiger partial charge in [-0.3, -0.25) is 4.99 Å². The lowest BCUT2D eigenvalue weighted by Crippen LogP contribution is -2.49. The number of halogens is 1. The van der Waals surface area contributed by atoms with E-state index < -0.39 is 0 Å². The Balaban J connectivity index is 0.00000320. The highest BCUT2D eigenvalue weighted by atomic mass is 127. The number of hydrogen-bond donors (Lipinski definition) is 2. The Bertz CT molecular complexity index is 767. The normalized spacial score (nSPS) is 14.7. The summed E-state index contributed by atoms with van der Waals surface area (Å²) in [5.74, 6) is 2.73. The van der Waals surface area contributed by atoms with E-state index in [4.69, 9.17) is 9.47 Å². The zero-order valence-electron chi connectivity index (χ0n) is 17.7. The maximum absolute atomic E-state index is 5.77. The van der Waals surface area contributed by atoms with E-state index in [1.165, 1.54) is 0 Å². The first-order valence-electron chi connectivity index (χ1n) is 10.1. The second-order valence-electron chi connectivity index (χ2n) is 6.96. The van der Waals surface area contributed by atoms with Crippen LogP contribution in [0.1, 0.15) is 18.4 Å². The number of methoxy groups -OCH3 is 1. The van der Waals surface area contributed by atoms with Crippen LogP contribution >= 0.6 is 24.0 Å². The Morgan fingerprint density at radius 1 is 1.17 bits per heavy atom. The van der Waals surface area contributed by atoms with Gasteiger partial charge in [-0.25, -0.2) is 4.98 Å². The van der Waals surface area contributed by atoms with Gasteiger partial charge in [-0.1, -0.05) is 24.3 Å². The van der Waals surface area contributed by atoms with Crippen LogP contribution in [0.15, 0.2) is 53.7 Å². The van der Waals surface area contributed by atoms with Crippen LogP contribution in [-0.4, -0.2) is 57.4 Å². The van der Waals surface area contributed by atoms with E-state index >= 15 is 0 Å². The molecule has 0 radical (unpaired) electrons. The van der Waals surface area contributed by atoms with Crippen LogP contribution in [0.2, 0.25) is 0 Å². The van der Waals surface area contributed by atoms with Crippen molar-refractivity contribution in [2.45, 2.75) is 25.5 Å². The molecule has 0 aliphatic carbocycles. The van der Waals surface area contributed by atoms with Crippen molar-refractivity contribution in [3.8, 4) is 5.75 Å². The van der Waals surface area contributed by atoms with Crippen molar-refractivity contribution < 1.29 is 9.47 Å². The Hall–Kier alpha value is -2.07. The van der Waals surface area contributed by atoms with Crippen LogP contribution in [0.3, 0.4) is 0 Å². The van der Waals surface area contributed by atoms with Crippen molar-refractivity contribution >= 4 is 35.8 Å². The molecule has 1 fully saturated rings. The maximum atomic E-state index is 5.77. The number of nitrogens with zero attached hydrogens (tertiary/aromatic N) is 3. The molecule has 1 aromatic carbocycles. The smallest absolute Gasteiger partial charge is 0.191 e. The summed E-state index contributed by atoms with van der Waals surface area (Å²) < 4.78 is 11.1. The van der Waals surface area contributed by atoms with Crippen molar-refractivity contribution in [2.75, 3.05) is 45.3 Å². The number of hydrogen-bond acceptors (Lipinski definition) is 5. The van der Waals surface area contributed by atoms with E-state index in [0.29, 0.717) is 25.8 Å². The number of guanidine groups is 1. The standard InChI is InChI=1S/C22H31N5O2.HI/c1-23-22(25-13-16-29-17-18-7-3-4-8-20(18)28-2)26-19-10-14-27(15-11-19)21-9-5-6-12-24-21;/h3-9,12,19H,10-11,13-17H2,1-2H3,(H2,23,25,26);1H. The summed E-state index contributed by atoms with van der Waals surface area (Å²) in [6, 6.07) is 14.4. The van der Waals surface area contributed by atoms with E-state index in [2.05, 4.69) is 31.6 Å². The molecule has 30 heavy (non-hydrogen) atoms. The quantitative estimate of drug-likeness (QED) is 0.239. The maximum Gasteiger partial charge on any atom is 0.191 e. The minimum Gasteiger partial charge on any atom is -0.496 e. The van der Waals surface area contributed by atoms with Crippen molar-refractivity contribution in [3.05, 3.63) is 54.2 Å². The van der Waals surface area contributed by atoms with E-state index in [1.54, 1.807) is 14.2 Å². The van der Waals surface area contributed by atoms with Crippen molar-refractivity contribution in [2.24, 2.45) is 4.99 Å². The topological polar surface area (TPSA) is 71.0 Å². The van der Waals surface area contributed by atoms with Gasteiger partial charge in [-0.2, -0.15) is 0 Å². The molecule has 0 amide bonds. The van der Waals surface area contributed by atoms with Gasteiger partial charge in [-0.05, 0) is 31.0 Å². The van der Waals surface area contributed by atoms with Gasteiger partial charge in [0.1, 0.15) is 11.6 Å². The molecule has 0 spiro atoms. The van der Waals surface area contributed by atoms with E-state index in [-0.39, 0.29) is 24.0 Å². The molecule has 2 aromatic rings. The van der Waals surface area contributed by atoms with Crippen LogP contribution in [0, 0.1) is 0 Å². The van der Waals surface area contributed by atoms with Crippen molar-refractivity contribution in [1.29, 1.82) is 0 Å². The van der Waals surface area contributed by atoms with Crippen molar-refractivity contribution in [1.82, 2.24) is 15.6 Å². The Morgan fingerprint density at radius 2 is 1.93 bits per heavy atom. The first-order valence-corrected chi connectivity index (χ1v) is 10.1. The molecular weight excluding hydrogens is 493 g/mol. The van der Waals surface area contributed by atoms with Gasteiger partial charge in [0.15, 0.2) is 5.96 Å². The fourth-order valence-electron chi connectivity index (χ4n) is 3.43. The molecule has 7 nitrogen and oxygen atoms in total. The van der Waals surface area contributed by atoms with Crippen LogP contribution in [0.25, 0.3) is 0 Å². The van der Waals surface area contributed by atoms with Crippen LogP contribution in [0.5, 0.6) is 5.75 Å². The summed E-state index contributed by atoms with van der Waals surface area (Å²) in [6.07, 6.45) is 3.96. The molecule has 3 rings (SSSR count). The minimum absolute atomic E-state index is 0. The molecule has 0 bridgehead atoms. The average molecular weight is 525 g/mol. The Labute approximate surface area is 196 Å². The zero-order chi connectivity index (χ0) is 20.3. The van der Waals surface area contributed by atoms with Crippen molar-refractivity contribution in [3.63, 3.8) is 0 Å². The molecular formula is C22H32IN5O2. The highest BCUT2D eigenvalue weighted by Crippen LogP contribution is 2.18. The molecule has 2 heterocycles. The predicted molar refractivity (Wildman–Crippen MR) is 132 cm³/mol. The first-order chi connectivity index (χ1) is 14.3. The minimum atomic E-state index is 0. The molecule has 164 valence electrons. The van der Waals surface area contributed by atoms with Gasteiger partial charge in [0.2, 0.25) is 0 Å². The van der Waals surface area contributed by atoms with Gasteiger partial charge in [0.05, 0.1) is 20.3 Å². The van der Waals surface area contributed by atoms with Gasteiger partial charge >= 0.3 is 0 Å². The fourth-order valence-corrected chi connectivity index (χ4v) is 3.43. The largest absolute Gasteiger partial charge is 0.496 e. The highest BCUT2D eigenvalue weighted by Gasteiger charge is 2.20. The van der Waals surface area contributed by atoms with Gasteiger partial charge < -0.3 is 25.0 Å². The predicted octanol–water partition coefficient (Wildman–Crippen LogP) is 3.06. The number of rotatable bonds is 8. The summed E-state index contributed by atoms with van der Waals surface area (Å²) in [6.45, 7) is 3.81. The third-order valence-electron chi connectivity index (χ3n) is 5.02. The second-order valence-corrected chi connectivity index (χ2v) is 6.96. The SMILES string of the molecule is CN=C(NCCOCc1ccccc1OC)NC1CCN(c2ccccn2)CC1.I. The number of anilines is 1. The van der Waals surface area contributed by atoms with Crippen LogP contribution < -0.4 is 20.3 Å². The molecule has 1 saturated heterocycles. The highest BCUT2D eigenvalue weighted by molar-refractivity contribution is 14.0. The lowest BCUT2D eigenvalue weighted by molar-refractivity contribution is 0.123. The number of para-hydroxylation sites is 1. The number of aromatic nitrogens is 1.